The van der Waals surface area contributed by atoms with Crippen LogP contribution in [0.3, 0.4) is 0 Å². The summed E-state index contributed by atoms with van der Waals surface area (Å²) < 4.78 is 0. The van der Waals surface area contributed by atoms with E-state index in [0.717, 1.165) is 59.0 Å². The van der Waals surface area contributed by atoms with Crippen molar-refractivity contribution in [2.45, 2.75) is 19.3 Å². The van der Waals surface area contributed by atoms with Gasteiger partial charge in [0.15, 0.2) is 0 Å². The van der Waals surface area contributed by atoms with Crippen molar-refractivity contribution in [2.75, 3.05) is 18.4 Å². The van der Waals surface area contributed by atoms with Crippen LogP contribution in [0.5, 0.6) is 0 Å². The molecule has 0 spiro atoms. The van der Waals surface area contributed by atoms with E-state index in [9.17, 15) is 4.79 Å². The quantitative estimate of drug-likeness (QED) is 0.384. The third-order valence-electron chi connectivity index (χ3n) is 6.40. The molecule has 5 nitrogen and oxygen atoms in total. The number of benzene rings is 3. The third kappa shape index (κ3) is 4.89. The number of anilines is 2. The number of nitrogens with two attached hydrogens (primary N) is 1. The second-order valence-electron chi connectivity index (χ2n) is 8.73. The Bertz CT molecular complexity index is 1260. The van der Waals surface area contributed by atoms with Gasteiger partial charge in [0.25, 0.3) is 0 Å². The summed E-state index contributed by atoms with van der Waals surface area (Å²) in [5.41, 5.74) is 12.0. The molecule has 1 aliphatic heterocycles. The van der Waals surface area contributed by atoms with Gasteiger partial charge < -0.3 is 16.4 Å². The molecule has 4 N–H and O–H groups in total. The molecule has 0 unspecified atom stereocenters. The van der Waals surface area contributed by atoms with Crippen molar-refractivity contribution in [3.05, 3.63) is 90.0 Å². The summed E-state index contributed by atoms with van der Waals surface area (Å²) in [6, 6.07) is 26.2. The van der Waals surface area contributed by atoms with Gasteiger partial charge in [-0.05, 0) is 80.2 Å². The molecule has 2 heterocycles. The van der Waals surface area contributed by atoms with Crippen LogP contribution in [0.2, 0.25) is 0 Å². The van der Waals surface area contributed by atoms with Gasteiger partial charge in [0.05, 0.1) is 16.9 Å². The van der Waals surface area contributed by atoms with Crippen molar-refractivity contribution in [2.24, 2.45) is 11.7 Å². The number of carbonyl (C=O) groups excluding carboxylic acids is 1. The second-order valence-corrected chi connectivity index (χ2v) is 8.73. The van der Waals surface area contributed by atoms with Gasteiger partial charge in [-0.1, -0.05) is 42.5 Å². The summed E-state index contributed by atoms with van der Waals surface area (Å²) in [4.78, 5) is 16.3. The molecular weight excluding hydrogens is 408 g/mol. The lowest BCUT2D eigenvalue weighted by atomic mass is 9.91. The topological polar surface area (TPSA) is 80.0 Å². The van der Waals surface area contributed by atoms with Crippen LogP contribution in [0.25, 0.3) is 22.2 Å². The van der Waals surface area contributed by atoms with Crippen LogP contribution in [-0.4, -0.2) is 24.0 Å². The highest BCUT2D eigenvalue weighted by molar-refractivity contribution is 5.96. The average molecular weight is 437 g/mol. The zero-order valence-corrected chi connectivity index (χ0v) is 18.6. The number of hydrogen-bond donors (Lipinski definition) is 3. The van der Waals surface area contributed by atoms with Crippen LogP contribution in [0.4, 0.5) is 11.4 Å². The largest absolute Gasteiger partial charge is 0.366 e. The maximum atomic E-state index is 11.4. The van der Waals surface area contributed by atoms with Crippen LogP contribution < -0.4 is 16.4 Å². The molecule has 1 amide bonds. The predicted molar refractivity (Wildman–Crippen MR) is 135 cm³/mol. The van der Waals surface area contributed by atoms with Crippen molar-refractivity contribution in [1.29, 1.82) is 0 Å². The lowest BCUT2D eigenvalue weighted by molar-refractivity contribution is 0.100. The van der Waals surface area contributed by atoms with E-state index in [4.69, 9.17) is 10.7 Å². The van der Waals surface area contributed by atoms with Gasteiger partial charge in [-0.15, -0.1) is 0 Å². The van der Waals surface area contributed by atoms with Gasteiger partial charge in [-0.2, -0.15) is 0 Å². The lowest BCUT2D eigenvalue weighted by Crippen LogP contribution is -2.28. The summed E-state index contributed by atoms with van der Waals surface area (Å²) in [5, 5.41) is 8.10. The van der Waals surface area contributed by atoms with Gasteiger partial charge in [0, 0.05) is 22.2 Å². The van der Waals surface area contributed by atoms with Crippen molar-refractivity contribution < 1.29 is 4.79 Å². The van der Waals surface area contributed by atoms with E-state index in [1.807, 2.05) is 30.3 Å². The Morgan fingerprint density at radius 3 is 2.42 bits per heavy atom. The predicted octanol–water partition coefficient (Wildman–Crippen LogP) is 5.29. The van der Waals surface area contributed by atoms with Crippen molar-refractivity contribution in [3.8, 4) is 11.3 Å². The van der Waals surface area contributed by atoms with Crippen LogP contribution in [0.15, 0.2) is 78.9 Å². The summed E-state index contributed by atoms with van der Waals surface area (Å²) in [6.45, 7) is 2.26. The minimum absolute atomic E-state index is 0.432. The normalized spacial score (nSPS) is 14.3. The Balaban J connectivity index is 1.41. The lowest BCUT2D eigenvalue weighted by Gasteiger charge is -2.22. The fourth-order valence-electron chi connectivity index (χ4n) is 4.53. The molecule has 0 radical (unpaired) electrons. The first-order chi connectivity index (χ1) is 16.2. The zero-order chi connectivity index (χ0) is 22.6. The van der Waals surface area contributed by atoms with Crippen LogP contribution in [0.1, 0.15) is 28.8 Å². The standard InChI is InChI=1S/C28H28N4O/c29-28(33)22-9-7-21(8-10-22)26-18-27(24-3-1-2-4-25(24)32-26)31-23-11-5-19(6-12-23)17-20-13-15-30-16-14-20/h1-12,18,20,30H,13-17H2,(H2,29,33)(H,31,32). The summed E-state index contributed by atoms with van der Waals surface area (Å²) >= 11 is 0. The molecule has 0 saturated carbocycles. The van der Waals surface area contributed by atoms with Gasteiger partial charge >= 0.3 is 0 Å². The molecule has 1 saturated heterocycles. The van der Waals surface area contributed by atoms with Crippen molar-refractivity contribution in [1.82, 2.24) is 10.3 Å². The summed E-state index contributed by atoms with van der Waals surface area (Å²) in [7, 11) is 0. The first-order valence-corrected chi connectivity index (χ1v) is 11.5. The van der Waals surface area contributed by atoms with E-state index in [1.165, 1.54) is 18.4 Å². The molecule has 1 aliphatic rings. The van der Waals surface area contributed by atoms with Crippen LogP contribution in [0, 0.1) is 5.92 Å². The maximum absolute atomic E-state index is 11.4. The number of fused-ring (bicyclic) bond motifs is 1. The molecule has 33 heavy (non-hydrogen) atoms. The number of para-hydroxylation sites is 1. The van der Waals surface area contributed by atoms with E-state index in [1.54, 1.807) is 12.1 Å². The van der Waals surface area contributed by atoms with E-state index in [2.05, 4.69) is 47.0 Å². The molecule has 0 aliphatic carbocycles. The van der Waals surface area contributed by atoms with E-state index < -0.39 is 5.91 Å². The molecule has 1 fully saturated rings. The van der Waals surface area contributed by atoms with Gasteiger partial charge in [0.2, 0.25) is 5.91 Å². The summed E-state index contributed by atoms with van der Waals surface area (Å²) in [5.74, 6) is 0.344. The monoisotopic (exact) mass is 436 g/mol. The number of carbonyl (C=O) groups is 1. The molecule has 0 atom stereocenters. The van der Waals surface area contributed by atoms with E-state index >= 15 is 0 Å². The smallest absolute Gasteiger partial charge is 0.248 e. The number of primary amides is 1. The minimum Gasteiger partial charge on any atom is -0.366 e. The van der Waals surface area contributed by atoms with Gasteiger partial charge in [-0.3, -0.25) is 4.79 Å². The number of hydrogen-bond acceptors (Lipinski definition) is 4. The maximum Gasteiger partial charge on any atom is 0.248 e. The van der Waals surface area contributed by atoms with Gasteiger partial charge in [-0.25, -0.2) is 4.98 Å². The van der Waals surface area contributed by atoms with Gasteiger partial charge in [0.1, 0.15) is 0 Å². The van der Waals surface area contributed by atoms with Crippen LogP contribution in [-0.2, 0) is 6.42 Å². The Morgan fingerprint density at radius 2 is 1.70 bits per heavy atom. The number of aromatic nitrogens is 1. The number of nitrogens with zero attached hydrogens (tertiary/aromatic N) is 1. The molecule has 0 bridgehead atoms. The molecule has 5 rings (SSSR count). The number of amides is 1. The molecule has 5 heteroatoms. The fourth-order valence-corrected chi connectivity index (χ4v) is 4.53. The molecule has 4 aromatic rings. The molecule has 1 aromatic heterocycles. The third-order valence-corrected chi connectivity index (χ3v) is 6.40. The van der Waals surface area contributed by atoms with E-state index in [-0.39, 0.29) is 0 Å². The van der Waals surface area contributed by atoms with Crippen molar-refractivity contribution >= 4 is 28.2 Å². The minimum atomic E-state index is -0.432. The second kappa shape index (κ2) is 9.43. The van der Waals surface area contributed by atoms with Crippen molar-refractivity contribution in [3.63, 3.8) is 0 Å². The zero-order valence-electron chi connectivity index (χ0n) is 18.6. The number of piperidine rings is 1. The number of pyridine rings is 1. The Kier molecular flexibility index (Phi) is 6.05. The molecular formula is C28H28N4O. The highest BCUT2D eigenvalue weighted by Gasteiger charge is 2.14. The first kappa shape index (κ1) is 21.2. The SMILES string of the molecule is NC(=O)c1ccc(-c2cc(Nc3ccc(CC4CCNCC4)cc3)c3ccccc3n2)cc1. The fraction of sp³-hybridized carbons (Fsp3) is 0.214. The average Bonchev–Trinajstić information content (AvgIpc) is 2.86. The Morgan fingerprint density at radius 1 is 0.970 bits per heavy atom. The number of nitrogens with one attached hydrogen (secondary N) is 2. The molecule has 3 aromatic carbocycles. The van der Waals surface area contributed by atoms with Crippen LogP contribution >= 0.6 is 0 Å². The Labute approximate surface area is 194 Å². The Hall–Kier alpha value is -3.70. The van der Waals surface area contributed by atoms with E-state index in [0.29, 0.717) is 5.56 Å². The highest BCUT2D eigenvalue weighted by atomic mass is 16.1. The molecule has 166 valence electrons. The first-order valence-electron chi connectivity index (χ1n) is 11.5. The summed E-state index contributed by atoms with van der Waals surface area (Å²) in [6.07, 6.45) is 3.66. The number of rotatable bonds is 6. The highest BCUT2D eigenvalue weighted by Crippen LogP contribution is 2.31.